The van der Waals surface area contributed by atoms with Crippen molar-refractivity contribution in [2.45, 2.75) is 33.3 Å². The summed E-state index contributed by atoms with van der Waals surface area (Å²) in [4.78, 5) is 32.2. The Kier molecular flexibility index (Phi) is 5.89. The summed E-state index contributed by atoms with van der Waals surface area (Å²) in [5.41, 5.74) is 3.97. The Bertz CT molecular complexity index is 963. The quantitative estimate of drug-likeness (QED) is 0.629. The van der Waals surface area contributed by atoms with Crippen LogP contribution in [0.25, 0.3) is 11.4 Å². The summed E-state index contributed by atoms with van der Waals surface area (Å²) < 4.78 is 5.45. The predicted molar refractivity (Wildman–Crippen MR) is 108 cm³/mol. The predicted octanol–water partition coefficient (Wildman–Crippen LogP) is 4.27. The Labute approximate surface area is 164 Å². The maximum atomic E-state index is 12.6. The first-order chi connectivity index (χ1) is 13.5. The molecule has 0 aliphatic rings. The first kappa shape index (κ1) is 19.4. The summed E-state index contributed by atoms with van der Waals surface area (Å²) in [5, 5.41) is 2.86. The second-order valence-electron chi connectivity index (χ2n) is 6.62. The molecule has 1 unspecified atom stereocenters. The molecule has 1 aromatic heterocycles. The number of nitrogens with one attached hydrogen (secondary N) is 2. The van der Waals surface area contributed by atoms with Crippen LogP contribution < -0.4 is 5.32 Å². The van der Waals surface area contributed by atoms with Crippen molar-refractivity contribution in [3.05, 3.63) is 71.5 Å². The van der Waals surface area contributed by atoms with Gasteiger partial charge in [-0.25, -0.2) is 9.78 Å². The van der Waals surface area contributed by atoms with Crippen molar-refractivity contribution in [1.29, 1.82) is 0 Å². The van der Waals surface area contributed by atoms with E-state index in [1.165, 1.54) is 0 Å². The number of anilines is 1. The molecule has 0 radical (unpaired) electrons. The highest BCUT2D eigenvalue weighted by molar-refractivity contribution is 5.98. The minimum absolute atomic E-state index is 0.336. The summed E-state index contributed by atoms with van der Waals surface area (Å²) in [7, 11) is 0. The van der Waals surface area contributed by atoms with Gasteiger partial charge in [-0.3, -0.25) is 4.79 Å². The van der Waals surface area contributed by atoms with Crippen molar-refractivity contribution >= 4 is 17.6 Å². The topological polar surface area (TPSA) is 84.1 Å². The van der Waals surface area contributed by atoms with Crippen LogP contribution in [0.5, 0.6) is 0 Å². The molecule has 3 rings (SSSR count). The number of aromatic nitrogens is 2. The van der Waals surface area contributed by atoms with Gasteiger partial charge in [-0.05, 0) is 49.6 Å². The van der Waals surface area contributed by atoms with Gasteiger partial charge in [0.2, 0.25) is 0 Å². The average Bonchev–Trinajstić information content (AvgIpc) is 3.23. The molecule has 1 atom stereocenters. The number of hydrogen-bond donors (Lipinski definition) is 2. The molecule has 3 aromatic rings. The van der Waals surface area contributed by atoms with Crippen LogP contribution in [0.2, 0.25) is 0 Å². The van der Waals surface area contributed by atoms with Crippen LogP contribution in [0.1, 0.15) is 34.8 Å². The fraction of sp³-hybridized carbons (Fsp3) is 0.227. The van der Waals surface area contributed by atoms with E-state index in [0.717, 1.165) is 28.2 Å². The Balaban J connectivity index is 1.67. The summed E-state index contributed by atoms with van der Waals surface area (Å²) >= 11 is 0. The van der Waals surface area contributed by atoms with Crippen molar-refractivity contribution in [2.75, 3.05) is 5.32 Å². The van der Waals surface area contributed by atoms with Gasteiger partial charge in [-0.2, -0.15) is 0 Å². The lowest BCUT2D eigenvalue weighted by Gasteiger charge is -2.17. The number of amides is 1. The zero-order valence-corrected chi connectivity index (χ0v) is 16.2. The maximum absolute atomic E-state index is 12.6. The largest absolute Gasteiger partial charge is 0.449 e. The van der Waals surface area contributed by atoms with Crippen molar-refractivity contribution in [3.8, 4) is 11.4 Å². The normalized spacial score (nSPS) is 11.7. The fourth-order valence-corrected chi connectivity index (χ4v) is 2.79. The van der Waals surface area contributed by atoms with E-state index in [9.17, 15) is 9.59 Å². The van der Waals surface area contributed by atoms with Crippen LogP contribution in [0.3, 0.4) is 0 Å². The maximum Gasteiger partial charge on any atom is 0.338 e. The number of rotatable bonds is 6. The molecule has 6 nitrogen and oxygen atoms in total. The molecule has 2 N–H and O–H groups in total. The summed E-state index contributed by atoms with van der Waals surface area (Å²) in [5.74, 6) is -0.148. The van der Waals surface area contributed by atoms with Gasteiger partial charge in [0.25, 0.3) is 5.91 Å². The van der Waals surface area contributed by atoms with Crippen molar-refractivity contribution in [1.82, 2.24) is 9.97 Å². The zero-order chi connectivity index (χ0) is 20.1. The van der Waals surface area contributed by atoms with Crippen LogP contribution in [-0.2, 0) is 9.53 Å². The number of imidazole rings is 1. The van der Waals surface area contributed by atoms with Gasteiger partial charge in [0.15, 0.2) is 6.10 Å². The molecule has 0 aliphatic heterocycles. The van der Waals surface area contributed by atoms with E-state index in [0.29, 0.717) is 12.0 Å². The smallest absolute Gasteiger partial charge is 0.338 e. The molecule has 1 amide bonds. The van der Waals surface area contributed by atoms with E-state index in [1.54, 1.807) is 43.6 Å². The fourth-order valence-electron chi connectivity index (χ4n) is 2.79. The number of benzene rings is 2. The number of nitrogens with zero attached hydrogens (tertiary/aromatic N) is 1. The average molecular weight is 377 g/mol. The molecular formula is C22H23N3O3. The van der Waals surface area contributed by atoms with Gasteiger partial charge in [-0.1, -0.05) is 31.2 Å². The second kappa shape index (κ2) is 8.52. The van der Waals surface area contributed by atoms with Crippen LogP contribution in [0.15, 0.2) is 54.9 Å². The van der Waals surface area contributed by atoms with Crippen LogP contribution in [0.4, 0.5) is 5.69 Å². The molecule has 144 valence electrons. The Morgan fingerprint density at radius 2 is 1.89 bits per heavy atom. The number of aromatic amines is 1. The minimum Gasteiger partial charge on any atom is -0.449 e. The van der Waals surface area contributed by atoms with Gasteiger partial charge < -0.3 is 15.0 Å². The molecule has 0 saturated carbocycles. The molecule has 0 spiro atoms. The molecule has 0 fully saturated rings. The standard InChI is InChI=1S/C22H23N3O3/c1-4-19(21(26)25-18-13-14(2)5-6-15(18)3)28-22(27)17-9-7-16(8-10-17)20-23-11-12-24-20/h5-13,19H,4H2,1-3H3,(H,23,24)(H,25,26). The third kappa shape index (κ3) is 4.46. The van der Waals surface area contributed by atoms with Gasteiger partial charge in [0.05, 0.1) is 5.56 Å². The molecule has 6 heteroatoms. The minimum atomic E-state index is -0.864. The first-order valence-corrected chi connectivity index (χ1v) is 9.17. The van der Waals surface area contributed by atoms with Gasteiger partial charge in [0.1, 0.15) is 5.82 Å². The zero-order valence-electron chi connectivity index (χ0n) is 16.2. The third-order valence-corrected chi connectivity index (χ3v) is 4.46. The monoisotopic (exact) mass is 377 g/mol. The summed E-state index contributed by atoms with van der Waals surface area (Å²) in [6.45, 7) is 5.68. The van der Waals surface area contributed by atoms with Crippen molar-refractivity contribution in [3.63, 3.8) is 0 Å². The summed E-state index contributed by atoms with van der Waals surface area (Å²) in [6.07, 6.45) is 2.92. The van der Waals surface area contributed by atoms with Crippen molar-refractivity contribution < 1.29 is 14.3 Å². The molecule has 28 heavy (non-hydrogen) atoms. The molecule has 0 saturated heterocycles. The molecule has 0 bridgehead atoms. The molecule has 2 aromatic carbocycles. The van der Waals surface area contributed by atoms with E-state index in [2.05, 4.69) is 15.3 Å². The lowest BCUT2D eigenvalue weighted by molar-refractivity contribution is -0.124. The van der Waals surface area contributed by atoms with Crippen LogP contribution >= 0.6 is 0 Å². The Morgan fingerprint density at radius 1 is 1.14 bits per heavy atom. The summed E-state index contributed by atoms with van der Waals surface area (Å²) in [6, 6.07) is 12.7. The lowest BCUT2D eigenvalue weighted by atomic mass is 10.1. The van der Waals surface area contributed by atoms with Gasteiger partial charge in [0, 0.05) is 23.6 Å². The number of carbonyl (C=O) groups excluding carboxylic acids is 2. The van der Waals surface area contributed by atoms with Crippen LogP contribution in [-0.4, -0.2) is 27.9 Å². The Hall–Kier alpha value is -3.41. The van der Waals surface area contributed by atoms with E-state index < -0.39 is 12.1 Å². The van der Waals surface area contributed by atoms with E-state index in [-0.39, 0.29) is 5.91 Å². The molecular weight excluding hydrogens is 354 g/mol. The van der Waals surface area contributed by atoms with Crippen LogP contribution in [0, 0.1) is 13.8 Å². The SMILES string of the molecule is CCC(OC(=O)c1ccc(-c2ncc[nH]2)cc1)C(=O)Nc1cc(C)ccc1C. The molecule has 0 aliphatic carbocycles. The van der Waals surface area contributed by atoms with E-state index in [1.807, 2.05) is 32.0 Å². The van der Waals surface area contributed by atoms with Gasteiger partial charge in [-0.15, -0.1) is 0 Å². The highest BCUT2D eigenvalue weighted by Gasteiger charge is 2.22. The first-order valence-electron chi connectivity index (χ1n) is 9.17. The number of aryl methyl sites for hydroxylation is 2. The number of esters is 1. The highest BCUT2D eigenvalue weighted by atomic mass is 16.5. The van der Waals surface area contributed by atoms with E-state index >= 15 is 0 Å². The second-order valence-corrected chi connectivity index (χ2v) is 6.62. The number of carbonyl (C=O) groups is 2. The number of ether oxygens (including phenoxy) is 1. The van der Waals surface area contributed by atoms with E-state index in [4.69, 9.17) is 4.74 Å². The van der Waals surface area contributed by atoms with Crippen molar-refractivity contribution in [2.24, 2.45) is 0 Å². The number of hydrogen-bond acceptors (Lipinski definition) is 4. The van der Waals surface area contributed by atoms with Gasteiger partial charge >= 0.3 is 5.97 Å². The molecule has 1 heterocycles. The lowest BCUT2D eigenvalue weighted by Crippen LogP contribution is -2.32. The highest BCUT2D eigenvalue weighted by Crippen LogP contribution is 2.19. The third-order valence-electron chi connectivity index (χ3n) is 4.46. The number of H-pyrrole nitrogens is 1. The Morgan fingerprint density at radius 3 is 2.54 bits per heavy atom.